The molecule has 2 aliphatic rings. The molecule has 1 amide bonds. The Morgan fingerprint density at radius 3 is 2.71 bits per heavy atom. The maximum Gasteiger partial charge on any atom is 0.253 e. The van der Waals surface area contributed by atoms with Crippen LogP contribution in [0.1, 0.15) is 46.4 Å². The number of nitrogens with zero attached hydrogens (tertiary/aromatic N) is 5. The van der Waals surface area contributed by atoms with Crippen molar-refractivity contribution in [3.63, 3.8) is 0 Å². The molecule has 0 unspecified atom stereocenters. The third kappa shape index (κ3) is 3.01. The molecule has 6 heteroatoms. The number of carbonyl (C=O) groups excluding carboxylic acids is 1. The van der Waals surface area contributed by atoms with Crippen molar-refractivity contribution in [1.29, 1.82) is 0 Å². The van der Waals surface area contributed by atoms with Crippen molar-refractivity contribution < 1.29 is 4.79 Å². The van der Waals surface area contributed by atoms with E-state index in [0.717, 1.165) is 48.6 Å². The van der Waals surface area contributed by atoms with Gasteiger partial charge in [0.2, 0.25) is 0 Å². The van der Waals surface area contributed by atoms with Gasteiger partial charge in [-0.05, 0) is 43.0 Å². The second kappa shape index (κ2) is 7.03. The number of likely N-dealkylation sites (tertiary alicyclic amines) is 1. The van der Waals surface area contributed by atoms with E-state index < -0.39 is 0 Å². The van der Waals surface area contributed by atoms with Gasteiger partial charge in [-0.2, -0.15) is 0 Å². The molecule has 0 bridgehead atoms. The van der Waals surface area contributed by atoms with E-state index in [0.29, 0.717) is 12.1 Å². The van der Waals surface area contributed by atoms with Crippen molar-refractivity contribution in [1.82, 2.24) is 19.9 Å². The summed E-state index contributed by atoms with van der Waals surface area (Å²) in [5.41, 5.74) is 5.47. The molecule has 3 heterocycles. The lowest BCUT2D eigenvalue weighted by Gasteiger charge is -2.26. The maximum absolute atomic E-state index is 12.8. The molecule has 6 nitrogen and oxygen atoms in total. The predicted octanol–water partition coefficient (Wildman–Crippen LogP) is 3.24. The summed E-state index contributed by atoms with van der Waals surface area (Å²) in [5.74, 6) is 0.0935. The highest BCUT2D eigenvalue weighted by Crippen LogP contribution is 2.22. The molecular weight excluding hydrogens is 350 g/mol. The first kappa shape index (κ1) is 16.9. The molecule has 0 N–H and O–H groups in total. The zero-order chi connectivity index (χ0) is 18.9. The number of aliphatic imine (C=N–C) groups is 1. The van der Waals surface area contributed by atoms with Gasteiger partial charge in [0.05, 0.1) is 24.1 Å². The van der Waals surface area contributed by atoms with E-state index in [4.69, 9.17) is 0 Å². The lowest BCUT2D eigenvalue weighted by Crippen LogP contribution is -2.35. The molecule has 0 atom stereocenters. The largest absolute Gasteiger partial charge is 0.339 e. The topological polar surface area (TPSA) is 63.4 Å². The van der Waals surface area contributed by atoms with Crippen molar-refractivity contribution >= 4 is 11.6 Å². The van der Waals surface area contributed by atoms with Crippen LogP contribution in [0.5, 0.6) is 0 Å². The highest BCUT2D eigenvalue weighted by atomic mass is 16.2. The molecule has 1 saturated heterocycles. The predicted molar refractivity (Wildman–Crippen MR) is 107 cm³/mol. The second-order valence-corrected chi connectivity index (χ2v) is 7.27. The standard InChI is InChI=1S/C22H21N5O/c28-22(26-11-4-1-5-12-26)16-8-6-9-18(13-16)27-15-20(24-25-27)21-19-10-3-2-7-17(19)14-23-21/h2-3,6-10,13,15H,1,4-5,11-12,14H2. The molecule has 0 radical (unpaired) electrons. The van der Waals surface area contributed by atoms with E-state index in [2.05, 4.69) is 27.4 Å². The van der Waals surface area contributed by atoms with Crippen LogP contribution >= 0.6 is 0 Å². The molecule has 0 aliphatic carbocycles. The van der Waals surface area contributed by atoms with Crippen LogP contribution in [0.25, 0.3) is 5.69 Å². The van der Waals surface area contributed by atoms with E-state index in [-0.39, 0.29) is 5.91 Å². The first-order valence-electron chi connectivity index (χ1n) is 9.75. The maximum atomic E-state index is 12.8. The summed E-state index contributed by atoms with van der Waals surface area (Å²) < 4.78 is 1.71. The first-order chi connectivity index (χ1) is 13.8. The number of amides is 1. The van der Waals surface area contributed by atoms with Crippen LogP contribution < -0.4 is 0 Å². The Labute approximate surface area is 163 Å². The fraction of sp³-hybridized carbons (Fsp3) is 0.273. The van der Waals surface area contributed by atoms with Gasteiger partial charge in [-0.1, -0.05) is 35.5 Å². The highest BCUT2D eigenvalue weighted by Gasteiger charge is 2.21. The lowest BCUT2D eigenvalue weighted by atomic mass is 10.0. The third-order valence-corrected chi connectivity index (χ3v) is 5.42. The zero-order valence-corrected chi connectivity index (χ0v) is 15.6. The summed E-state index contributed by atoms with van der Waals surface area (Å²) in [7, 11) is 0. The average Bonchev–Trinajstić information content (AvgIpc) is 3.41. The molecule has 2 aromatic carbocycles. The minimum Gasteiger partial charge on any atom is -0.339 e. The van der Waals surface area contributed by atoms with Gasteiger partial charge in [-0.15, -0.1) is 5.10 Å². The number of aromatic nitrogens is 3. The van der Waals surface area contributed by atoms with E-state index in [9.17, 15) is 4.79 Å². The van der Waals surface area contributed by atoms with Gasteiger partial charge in [0, 0.05) is 24.2 Å². The summed E-state index contributed by atoms with van der Waals surface area (Å²) >= 11 is 0. The number of carbonyl (C=O) groups is 1. The average molecular weight is 371 g/mol. The molecule has 5 rings (SSSR count). The van der Waals surface area contributed by atoms with Crippen LogP contribution in [0.2, 0.25) is 0 Å². The molecule has 1 aromatic heterocycles. The van der Waals surface area contributed by atoms with E-state index in [1.165, 1.54) is 12.0 Å². The summed E-state index contributed by atoms with van der Waals surface area (Å²) in [5, 5.41) is 8.60. The fourth-order valence-electron chi connectivity index (χ4n) is 3.92. The van der Waals surface area contributed by atoms with Gasteiger partial charge in [0.25, 0.3) is 5.91 Å². The normalized spacial score (nSPS) is 16.0. The molecule has 28 heavy (non-hydrogen) atoms. The summed E-state index contributed by atoms with van der Waals surface area (Å²) in [6.45, 7) is 2.36. The van der Waals surface area contributed by atoms with Crippen LogP contribution in [0.3, 0.4) is 0 Å². The van der Waals surface area contributed by atoms with Crippen LogP contribution in [-0.2, 0) is 6.54 Å². The molecule has 2 aliphatic heterocycles. The number of fused-ring (bicyclic) bond motifs is 1. The van der Waals surface area contributed by atoms with Crippen molar-refractivity contribution in [3.05, 3.63) is 77.1 Å². The number of rotatable bonds is 3. The van der Waals surface area contributed by atoms with E-state index >= 15 is 0 Å². The van der Waals surface area contributed by atoms with Gasteiger partial charge < -0.3 is 4.90 Å². The molecule has 140 valence electrons. The minimum absolute atomic E-state index is 0.0935. The summed E-state index contributed by atoms with van der Waals surface area (Å²) in [4.78, 5) is 19.4. The van der Waals surface area contributed by atoms with Gasteiger partial charge in [0.1, 0.15) is 5.69 Å². The quantitative estimate of drug-likeness (QED) is 0.710. The summed E-state index contributed by atoms with van der Waals surface area (Å²) in [6.07, 6.45) is 5.26. The highest BCUT2D eigenvalue weighted by molar-refractivity contribution is 6.13. The SMILES string of the molecule is O=C(c1cccc(-n2cc(C3=NCc4ccccc43)nn2)c1)N1CCCCC1. The monoisotopic (exact) mass is 371 g/mol. The van der Waals surface area contributed by atoms with Crippen molar-refractivity contribution in [2.45, 2.75) is 25.8 Å². The van der Waals surface area contributed by atoms with Crippen molar-refractivity contribution in [2.24, 2.45) is 4.99 Å². The molecule has 1 fully saturated rings. The molecule has 3 aromatic rings. The Morgan fingerprint density at radius 1 is 0.964 bits per heavy atom. The molecule has 0 spiro atoms. The third-order valence-electron chi connectivity index (χ3n) is 5.42. The van der Waals surface area contributed by atoms with Gasteiger partial charge >= 0.3 is 0 Å². The summed E-state index contributed by atoms with van der Waals surface area (Å²) in [6, 6.07) is 15.8. The van der Waals surface area contributed by atoms with Gasteiger partial charge in [-0.3, -0.25) is 9.79 Å². The Morgan fingerprint density at radius 2 is 1.82 bits per heavy atom. The Kier molecular flexibility index (Phi) is 4.24. The lowest BCUT2D eigenvalue weighted by molar-refractivity contribution is 0.0724. The Bertz CT molecular complexity index is 1060. The smallest absolute Gasteiger partial charge is 0.253 e. The van der Waals surface area contributed by atoms with Crippen LogP contribution in [-0.4, -0.2) is 44.6 Å². The van der Waals surface area contributed by atoms with Crippen LogP contribution in [0.15, 0.2) is 59.7 Å². The Hall–Kier alpha value is -3.28. The number of hydrogen-bond donors (Lipinski definition) is 0. The van der Waals surface area contributed by atoms with Gasteiger partial charge in [0.15, 0.2) is 0 Å². The van der Waals surface area contributed by atoms with Crippen molar-refractivity contribution in [2.75, 3.05) is 13.1 Å². The number of hydrogen-bond acceptors (Lipinski definition) is 4. The van der Waals surface area contributed by atoms with Crippen LogP contribution in [0.4, 0.5) is 0 Å². The minimum atomic E-state index is 0.0935. The first-order valence-corrected chi connectivity index (χ1v) is 9.75. The molecular formula is C22H21N5O. The Balaban J connectivity index is 1.41. The van der Waals surface area contributed by atoms with Gasteiger partial charge in [-0.25, -0.2) is 4.68 Å². The second-order valence-electron chi connectivity index (χ2n) is 7.27. The van der Waals surface area contributed by atoms with E-state index in [1.54, 1.807) is 4.68 Å². The fourth-order valence-corrected chi connectivity index (χ4v) is 3.92. The van der Waals surface area contributed by atoms with Crippen LogP contribution in [0, 0.1) is 0 Å². The number of piperidine rings is 1. The van der Waals surface area contributed by atoms with E-state index in [1.807, 2.05) is 47.5 Å². The van der Waals surface area contributed by atoms with Crippen molar-refractivity contribution in [3.8, 4) is 5.69 Å². The number of benzene rings is 2. The molecule has 0 saturated carbocycles. The zero-order valence-electron chi connectivity index (χ0n) is 15.6.